The highest BCUT2D eigenvalue weighted by atomic mass is 35.5. The Labute approximate surface area is 141 Å². The standard InChI is InChI=1S/C16H12ClFN2O4/c17-10-2-1-3-11(18)14(10)16(22)20-19-15(21)9-4-5-12-13(8-9)24-7-6-23-12/h1-5,8H,6-7H2,(H,19,21)(H,20,22). The Bertz CT molecular complexity index is 792. The van der Waals surface area contributed by atoms with Crippen LogP contribution in [0.25, 0.3) is 0 Å². The lowest BCUT2D eigenvalue weighted by molar-refractivity contribution is 0.0844. The maximum Gasteiger partial charge on any atom is 0.274 e. The molecule has 1 aliphatic rings. The van der Waals surface area contributed by atoms with Crippen LogP contribution in [0.5, 0.6) is 11.5 Å². The van der Waals surface area contributed by atoms with Crippen LogP contribution in [0.4, 0.5) is 4.39 Å². The van der Waals surface area contributed by atoms with Crippen molar-refractivity contribution >= 4 is 23.4 Å². The maximum absolute atomic E-state index is 13.6. The highest BCUT2D eigenvalue weighted by Crippen LogP contribution is 2.30. The summed E-state index contributed by atoms with van der Waals surface area (Å²) in [4.78, 5) is 24.0. The van der Waals surface area contributed by atoms with Gasteiger partial charge in [-0.25, -0.2) is 4.39 Å². The van der Waals surface area contributed by atoms with Crippen molar-refractivity contribution in [3.63, 3.8) is 0 Å². The fourth-order valence-corrected chi connectivity index (χ4v) is 2.40. The fraction of sp³-hybridized carbons (Fsp3) is 0.125. The smallest absolute Gasteiger partial charge is 0.274 e. The van der Waals surface area contributed by atoms with Crippen molar-refractivity contribution in [3.05, 3.63) is 58.4 Å². The van der Waals surface area contributed by atoms with Gasteiger partial charge in [-0.1, -0.05) is 17.7 Å². The third kappa shape index (κ3) is 3.26. The second kappa shape index (κ2) is 6.76. The highest BCUT2D eigenvalue weighted by Gasteiger charge is 2.18. The zero-order chi connectivity index (χ0) is 17.1. The Morgan fingerprint density at radius 3 is 2.46 bits per heavy atom. The number of fused-ring (bicyclic) bond motifs is 1. The van der Waals surface area contributed by atoms with E-state index in [9.17, 15) is 14.0 Å². The summed E-state index contributed by atoms with van der Waals surface area (Å²) in [5, 5.41) is -0.0546. The van der Waals surface area contributed by atoms with Crippen LogP contribution in [0.2, 0.25) is 5.02 Å². The van der Waals surface area contributed by atoms with E-state index in [0.717, 1.165) is 6.07 Å². The van der Waals surface area contributed by atoms with Crippen LogP contribution in [0.1, 0.15) is 20.7 Å². The quantitative estimate of drug-likeness (QED) is 0.815. The Morgan fingerprint density at radius 2 is 1.71 bits per heavy atom. The third-order valence-electron chi connectivity index (χ3n) is 3.28. The Morgan fingerprint density at radius 1 is 1.00 bits per heavy atom. The molecule has 2 aromatic carbocycles. The molecule has 1 aliphatic heterocycles. The van der Waals surface area contributed by atoms with Crippen LogP contribution in [0.15, 0.2) is 36.4 Å². The molecular formula is C16H12ClFN2O4. The summed E-state index contributed by atoms with van der Waals surface area (Å²) in [5.74, 6) is -1.25. The van der Waals surface area contributed by atoms with E-state index in [1.54, 1.807) is 6.07 Å². The van der Waals surface area contributed by atoms with E-state index in [1.807, 2.05) is 0 Å². The molecule has 0 unspecified atom stereocenters. The van der Waals surface area contributed by atoms with Crippen LogP contribution in [-0.4, -0.2) is 25.0 Å². The first-order valence-electron chi connectivity index (χ1n) is 7.00. The van der Waals surface area contributed by atoms with Gasteiger partial charge in [0.2, 0.25) is 0 Å². The van der Waals surface area contributed by atoms with Gasteiger partial charge in [-0.15, -0.1) is 0 Å². The fourth-order valence-electron chi connectivity index (χ4n) is 2.15. The van der Waals surface area contributed by atoms with Crippen molar-refractivity contribution < 1.29 is 23.5 Å². The molecule has 0 saturated heterocycles. The van der Waals surface area contributed by atoms with E-state index in [4.69, 9.17) is 21.1 Å². The zero-order valence-corrected chi connectivity index (χ0v) is 13.0. The molecule has 0 aliphatic carbocycles. The average Bonchev–Trinajstić information content (AvgIpc) is 2.59. The maximum atomic E-state index is 13.6. The minimum absolute atomic E-state index is 0.0546. The van der Waals surface area contributed by atoms with Gasteiger partial charge < -0.3 is 9.47 Å². The van der Waals surface area contributed by atoms with Crippen molar-refractivity contribution in [3.8, 4) is 11.5 Å². The van der Waals surface area contributed by atoms with Gasteiger partial charge in [0.1, 0.15) is 19.0 Å². The summed E-state index contributed by atoms with van der Waals surface area (Å²) in [7, 11) is 0. The van der Waals surface area contributed by atoms with Crippen molar-refractivity contribution in [2.24, 2.45) is 0 Å². The van der Waals surface area contributed by atoms with Gasteiger partial charge in [0.05, 0.1) is 10.6 Å². The molecule has 0 fully saturated rings. The largest absolute Gasteiger partial charge is 0.486 e. The van der Waals surface area contributed by atoms with E-state index in [2.05, 4.69) is 10.9 Å². The molecular weight excluding hydrogens is 339 g/mol. The summed E-state index contributed by atoms with van der Waals surface area (Å²) in [5.41, 5.74) is 4.23. The number of amides is 2. The van der Waals surface area contributed by atoms with E-state index < -0.39 is 17.6 Å². The van der Waals surface area contributed by atoms with Gasteiger partial charge in [0.15, 0.2) is 11.5 Å². The molecule has 3 rings (SSSR count). The predicted molar refractivity (Wildman–Crippen MR) is 83.8 cm³/mol. The molecule has 2 amide bonds. The first kappa shape index (κ1) is 16.1. The van der Waals surface area contributed by atoms with Crippen molar-refractivity contribution in [2.75, 3.05) is 13.2 Å². The van der Waals surface area contributed by atoms with Crippen molar-refractivity contribution in [2.45, 2.75) is 0 Å². The second-order valence-electron chi connectivity index (χ2n) is 4.86. The number of hydrazine groups is 1. The molecule has 0 bridgehead atoms. The Balaban J connectivity index is 1.68. The van der Waals surface area contributed by atoms with Gasteiger partial charge in [-0.2, -0.15) is 0 Å². The molecule has 0 spiro atoms. The van der Waals surface area contributed by atoms with Gasteiger partial charge in [-0.05, 0) is 30.3 Å². The average molecular weight is 351 g/mol. The predicted octanol–water partition coefficient (Wildman–Crippen LogP) is 2.33. The minimum atomic E-state index is -0.857. The molecule has 124 valence electrons. The van der Waals surface area contributed by atoms with Crippen LogP contribution in [0, 0.1) is 5.82 Å². The van der Waals surface area contributed by atoms with Gasteiger partial charge >= 0.3 is 0 Å². The summed E-state index contributed by atoms with van der Waals surface area (Å²) < 4.78 is 24.4. The van der Waals surface area contributed by atoms with Crippen molar-refractivity contribution in [1.29, 1.82) is 0 Å². The molecule has 1 heterocycles. The van der Waals surface area contributed by atoms with Crippen molar-refractivity contribution in [1.82, 2.24) is 10.9 Å². The van der Waals surface area contributed by atoms with Gasteiger partial charge in [0, 0.05) is 5.56 Å². The molecule has 24 heavy (non-hydrogen) atoms. The molecule has 0 saturated carbocycles. The SMILES string of the molecule is O=C(NNC(=O)c1c(F)cccc1Cl)c1ccc2c(c1)OCCO2. The van der Waals surface area contributed by atoms with E-state index >= 15 is 0 Å². The number of nitrogens with one attached hydrogen (secondary N) is 2. The molecule has 6 nitrogen and oxygen atoms in total. The second-order valence-corrected chi connectivity index (χ2v) is 5.27. The summed E-state index contributed by atoms with van der Waals surface area (Å²) in [6.45, 7) is 0.832. The van der Waals surface area contributed by atoms with Gasteiger partial charge in [-0.3, -0.25) is 20.4 Å². The Hall–Kier alpha value is -2.80. The number of hydrogen-bond acceptors (Lipinski definition) is 4. The van der Waals surface area contributed by atoms with E-state index in [1.165, 1.54) is 24.3 Å². The molecule has 2 N–H and O–H groups in total. The van der Waals surface area contributed by atoms with Crippen LogP contribution < -0.4 is 20.3 Å². The lowest BCUT2D eigenvalue weighted by Gasteiger charge is -2.18. The monoisotopic (exact) mass is 350 g/mol. The summed E-state index contributed by atoms with van der Waals surface area (Å²) in [6.07, 6.45) is 0. The zero-order valence-electron chi connectivity index (χ0n) is 12.3. The number of hydrogen-bond donors (Lipinski definition) is 2. The Kier molecular flexibility index (Phi) is 4.52. The number of carbonyl (C=O) groups is 2. The molecule has 8 heteroatoms. The first-order chi connectivity index (χ1) is 11.6. The molecule has 2 aromatic rings. The van der Waals surface area contributed by atoms with Crippen LogP contribution in [0.3, 0.4) is 0 Å². The molecule has 0 radical (unpaired) electrons. The number of rotatable bonds is 2. The summed E-state index contributed by atoms with van der Waals surface area (Å²) in [6, 6.07) is 8.46. The molecule has 0 aromatic heterocycles. The van der Waals surface area contributed by atoms with Crippen LogP contribution in [-0.2, 0) is 0 Å². The first-order valence-corrected chi connectivity index (χ1v) is 7.38. The lowest BCUT2D eigenvalue weighted by Crippen LogP contribution is -2.42. The number of benzene rings is 2. The normalized spacial score (nSPS) is 12.4. The lowest BCUT2D eigenvalue weighted by atomic mass is 10.2. The van der Waals surface area contributed by atoms with Gasteiger partial charge in [0.25, 0.3) is 11.8 Å². The number of carbonyl (C=O) groups excluding carboxylic acids is 2. The number of ether oxygens (including phenoxy) is 2. The molecule has 0 atom stereocenters. The number of halogens is 2. The van der Waals surface area contributed by atoms with E-state index in [-0.39, 0.29) is 16.1 Å². The van der Waals surface area contributed by atoms with Crippen LogP contribution >= 0.6 is 11.6 Å². The summed E-state index contributed by atoms with van der Waals surface area (Å²) >= 11 is 5.79. The minimum Gasteiger partial charge on any atom is -0.486 e. The third-order valence-corrected chi connectivity index (χ3v) is 3.60. The van der Waals surface area contributed by atoms with E-state index in [0.29, 0.717) is 24.7 Å². The topological polar surface area (TPSA) is 76.7 Å². The highest BCUT2D eigenvalue weighted by molar-refractivity contribution is 6.33.